The molecule has 0 unspecified atom stereocenters. The molecule has 7 nitrogen and oxygen atoms in total. The molecule has 0 atom stereocenters. The molecule has 0 amide bonds. The molecule has 0 fully saturated rings. The predicted molar refractivity (Wildman–Crippen MR) is 58.3 cm³/mol. The highest BCUT2D eigenvalue weighted by Crippen LogP contribution is 2.36. The van der Waals surface area contributed by atoms with Gasteiger partial charge in [-0.2, -0.15) is 39.5 Å². The summed E-state index contributed by atoms with van der Waals surface area (Å²) in [7, 11) is -13.4. The SMILES string of the molecule is FC(F)(F)C[n+]1ccco1.O=S(=O)([N-]S(=O)(=O)C(F)(F)F)C(F)(F)F. The fourth-order valence-electron chi connectivity index (χ4n) is 0.760. The first-order valence-corrected chi connectivity index (χ1v) is 8.03. The fraction of sp³-hybridized carbons (Fsp3) is 0.571. The van der Waals surface area contributed by atoms with Crippen molar-refractivity contribution >= 4 is 20.0 Å². The van der Waals surface area contributed by atoms with Crippen molar-refractivity contribution in [3.05, 3.63) is 22.7 Å². The molecule has 0 saturated heterocycles. The van der Waals surface area contributed by atoms with Crippen LogP contribution in [0.5, 0.6) is 0 Å². The van der Waals surface area contributed by atoms with Crippen LogP contribution in [-0.2, 0) is 26.6 Å². The van der Waals surface area contributed by atoms with Gasteiger partial charge in [-0.25, -0.2) is 21.4 Å². The van der Waals surface area contributed by atoms with Crippen LogP contribution in [0.15, 0.2) is 23.0 Å². The zero-order chi connectivity index (χ0) is 20.3. The van der Waals surface area contributed by atoms with Gasteiger partial charge in [0.2, 0.25) is 6.20 Å². The zero-order valence-corrected chi connectivity index (χ0v) is 12.7. The molecule has 1 aromatic heterocycles. The van der Waals surface area contributed by atoms with Gasteiger partial charge in [0.25, 0.3) is 6.54 Å². The van der Waals surface area contributed by atoms with Crippen LogP contribution < -0.4 is 4.74 Å². The number of halogens is 9. The Morgan fingerprint density at radius 3 is 1.48 bits per heavy atom. The first kappa shape index (κ1) is 23.4. The number of sulfonamides is 2. The first-order valence-electron chi connectivity index (χ1n) is 5.15. The Labute approximate surface area is 133 Å². The number of rotatable bonds is 3. The first-order chi connectivity index (χ1) is 10.8. The molecule has 1 aromatic rings. The molecule has 0 bridgehead atoms. The molecular weight excluding hydrogens is 427 g/mol. The lowest BCUT2D eigenvalue weighted by Crippen LogP contribution is -2.38. The fourth-order valence-corrected chi connectivity index (χ4v) is 2.47. The normalized spacial score (nSPS) is 14.0. The van der Waals surface area contributed by atoms with Crippen molar-refractivity contribution in [3.63, 3.8) is 0 Å². The monoisotopic (exact) mass is 432 g/mol. The lowest BCUT2D eigenvalue weighted by Gasteiger charge is -2.22. The molecule has 0 aliphatic heterocycles. The molecule has 1 rings (SSSR count). The number of aromatic nitrogens is 1. The summed E-state index contributed by atoms with van der Waals surface area (Å²) in [4.78, 5) is 0. The van der Waals surface area contributed by atoms with Crippen LogP contribution in [0.2, 0.25) is 0 Å². The third-order valence-corrected chi connectivity index (χ3v) is 4.38. The van der Waals surface area contributed by atoms with Crippen LogP contribution in [-0.4, -0.2) is 34.0 Å². The maximum atomic E-state index is 11.5. The van der Waals surface area contributed by atoms with Gasteiger partial charge < -0.3 is 4.13 Å². The highest BCUT2D eigenvalue weighted by Gasteiger charge is 2.46. The molecular formula is C7H5F9N2O5S2. The van der Waals surface area contributed by atoms with Crippen molar-refractivity contribution < 1.29 is 65.6 Å². The van der Waals surface area contributed by atoms with Gasteiger partial charge in [0.15, 0.2) is 26.3 Å². The summed E-state index contributed by atoms with van der Waals surface area (Å²) < 4.78 is 149. The van der Waals surface area contributed by atoms with Gasteiger partial charge in [-0.05, 0) is 4.74 Å². The van der Waals surface area contributed by atoms with E-state index in [0.29, 0.717) is 4.74 Å². The lowest BCUT2D eigenvalue weighted by molar-refractivity contribution is -0.876. The second-order valence-corrected chi connectivity index (χ2v) is 7.11. The van der Waals surface area contributed by atoms with Crippen molar-refractivity contribution in [2.75, 3.05) is 0 Å². The molecule has 0 saturated carbocycles. The average Bonchev–Trinajstić information content (AvgIpc) is 2.75. The minimum absolute atomic E-state index is 0.708. The summed E-state index contributed by atoms with van der Waals surface area (Å²) in [5.74, 6) is 0. The number of hydrogen-bond acceptors (Lipinski definition) is 5. The van der Waals surface area contributed by atoms with Crippen LogP contribution >= 0.6 is 0 Å². The van der Waals surface area contributed by atoms with E-state index in [-0.39, 0.29) is 0 Å². The molecule has 18 heteroatoms. The summed E-state index contributed by atoms with van der Waals surface area (Å²) in [6.07, 6.45) is -1.80. The minimum atomic E-state index is -6.72. The Hall–Kier alpha value is -1.56. The summed E-state index contributed by atoms with van der Waals surface area (Å²) >= 11 is 0. The Balaban J connectivity index is 0.000000496. The van der Waals surface area contributed by atoms with Crippen molar-refractivity contribution in [1.82, 2.24) is 0 Å². The summed E-state index contributed by atoms with van der Waals surface area (Å²) in [6, 6.07) is 1.39. The van der Waals surface area contributed by atoms with Crippen LogP contribution in [0, 0.1) is 0 Å². The number of nitrogens with zero attached hydrogens (tertiary/aromatic N) is 2. The second-order valence-electron chi connectivity index (χ2n) is 3.69. The van der Waals surface area contributed by atoms with Crippen LogP contribution in [0.25, 0.3) is 4.13 Å². The standard InChI is InChI=1S/C5H5F3NO.C2F6NO4S2/c6-5(7,8)4-9-2-1-3-10-9;3-1(4,5)14(10,11)9-15(12,13)2(6,7)8/h1-3H,4H2;/q+1;-1. The Morgan fingerprint density at radius 2 is 1.24 bits per heavy atom. The number of hydrogen-bond donors (Lipinski definition) is 0. The molecule has 0 aromatic carbocycles. The maximum absolute atomic E-state index is 11.5. The third kappa shape index (κ3) is 7.90. The average molecular weight is 432 g/mol. The van der Waals surface area contributed by atoms with E-state index in [2.05, 4.69) is 4.52 Å². The summed E-state index contributed by atoms with van der Waals surface area (Å²) in [5, 5.41) is 0. The van der Waals surface area contributed by atoms with E-state index in [4.69, 9.17) is 0 Å². The lowest BCUT2D eigenvalue weighted by atomic mass is 10.6. The molecule has 0 radical (unpaired) electrons. The molecule has 1 heterocycles. The minimum Gasteiger partial charge on any atom is -0.421 e. The molecule has 0 spiro atoms. The highest BCUT2D eigenvalue weighted by atomic mass is 32.3. The van der Waals surface area contributed by atoms with Gasteiger partial charge >= 0.3 is 17.2 Å². The Bertz CT molecular complexity index is 704. The second kappa shape index (κ2) is 7.36. The maximum Gasteiger partial charge on any atom is 0.480 e. The molecule has 0 aliphatic carbocycles. The predicted octanol–water partition coefficient (Wildman–Crippen LogP) is 2.19. The van der Waals surface area contributed by atoms with E-state index < -0.39 is 43.8 Å². The quantitative estimate of drug-likeness (QED) is 0.539. The molecule has 148 valence electrons. The van der Waals surface area contributed by atoms with E-state index in [1.807, 2.05) is 0 Å². The van der Waals surface area contributed by atoms with Crippen LogP contribution in [0.1, 0.15) is 0 Å². The number of alkyl halides is 9. The van der Waals surface area contributed by atoms with Crippen LogP contribution in [0.3, 0.4) is 0 Å². The van der Waals surface area contributed by atoms with E-state index in [0.717, 1.165) is 4.13 Å². The van der Waals surface area contributed by atoms with Gasteiger partial charge in [0.1, 0.15) is 0 Å². The van der Waals surface area contributed by atoms with Gasteiger partial charge in [0, 0.05) is 6.07 Å². The van der Waals surface area contributed by atoms with Crippen LogP contribution in [0.4, 0.5) is 39.5 Å². The largest absolute Gasteiger partial charge is 0.480 e. The van der Waals surface area contributed by atoms with E-state index >= 15 is 0 Å². The molecule has 0 aliphatic rings. The van der Waals surface area contributed by atoms with Gasteiger partial charge in [0.05, 0.1) is 0 Å². The van der Waals surface area contributed by atoms with Crippen molar-refractivity contribution in [3.8, 4) is 0 Å². The smallest absolute Gasteiger partial charge is 0.421 e. The van der Waals surface area contributed by atoms with Gasteiger partial charge in [-0.1, -0.05) is 0 Å². The van der Waals surface area contributed by atoms with E-state index in [9.17, 15) is 56.3 Å². The van der Waals surface area contributed by atoms with Crippen molar-refractivity contribution in [1.29, 1.82) is 0 Å². The zero-order valence-electron chi connectivity index (χ0n) is 11.1. The highest BCUT2D eigenvalue weighted by molar-refractivity contribution is 8.13. The Kier molecular flexibility index (Phi) is 6.90. The van der Waals surface area contributed by atoms with E-state index in [1.165, 1.54) is 18.5 Å². The van der Waals surface area contributed by atoms with E-state index in [1.54, 1.807) is 0 Å². The summed E-state index contributed by atoms with van der Waals surface area (Å²) in [6.45, 7) is -1.07. The Morgan fingerprint density at radius 1 is 0.840 bits per heavy atom. The summed E-state index contributed by atoms with van der Waals surface area (Å²) in [5.41, 5.74) is -12.4. The van der Waals surface area contributed by atoms with Crippen molar-refractivity contribution in [2.45, 2.75) is 23.7 Å². The topological polar surface area (TPSA) is 99.4 Å². The molecule has 0 N–H and O–H groups in total. The molecule has 25 heavy (non-hydrogen) atoms. The van der Waals surface area contributed by atoms with Crippen molar-refractivity contribution in [2.24, 2.45) is 0 Å². The van der Waals surface area contributed by atoms with Gasteiger partial charge in [-0.15, -0.1) is 0 Å². The third-order valence-electron chi connectivity index (χ3n) is 1.64. The van der Waals surface area contributed by atoms with Gasteiger partial charge in [-0.3, -0.25) is 0 Å².